The molecule has 0 aliphatic heterocycles. The number of hydrogen-bond acceptors (Lipinski definition) is 5. The number of furan rings is 2. The Morgan fingerprint density at radius 1 is 0.323 bits per heavy atom. The maximum absolute atomic E-state index is 6.55. The lowest BCUT2D eigenvalue weighted by atomic mass is 9.79. The molecule has 3 aromatic heterocycles. The molecule has 0 amide bonds. The highest BCUT2D eigenvalue weighted by atomic mass is 16.3. The van der Waals surface area contributed by atoms with Gasteiger partial charge in [0.05, 0.1) is 0 Å². The van der Waals surface area contributed by atoms with E-state index in [2.05, 4.69) is 166 Å². The minimum Gasteiger partial charge on any atom is -0.456 e. The van der Waals surface area contributed by atoms with Gasteiger partial charge in [-0.2, -0.15) is 0 Å². The summed E-state index contributed by atoms with van der Waals surface area (Å²) in [6.07, 6.45) is 0. The topological polar surface area (TPSA) is 65.0 Å². The number of benzene rings is 9. The van der Waals surface area contributed by atoms with Crippen LogP contribution in [-0.2, 0) is 5.41 Å². The molecule has 1 aliphatic rings. The summed E-state index contributed by atoms with van der Waals surface area (Å²) in [5.74, 6) is 1.73. The Hall–Kier alpha value is -8.41. The lowest BCUT2D eigenvalue weighted by Crippen LogP contribution is -2.16. The van der Waals surface area contributed by atoms with Crippen molar-refractivity contribution in [1.29, 1.82) is 0 Å². The van der Waals surface area contributed by atoms with Crippen molar-refractivity contribution in [2.75, 3.05) is 0 Å². The molecule has 0 fully saturated rings. The minimum absolute atomic E-state index is 0.0956. The van der Waals surface area contributed by atoms with Crippen LogP contribution >= 0.6 is 0 Å². The van der Waals surface area contributed by atoms with Crippen molar-refractivity contribution in [3.8, 4) is 78.7 Å². The van der Waals surface area contributed by atoms with Crippen molar-refractivity contribution in [3.05, 3.63) is 211 Å². The van der Waals surface area contributed by atoms with E-state index in [9.17, 15) is 0 Å². The number of nitrogens with zero attached hydrogens (tertiary/aromatic N) is 3. The molecule has 5 nitrogen and oxygen atoms in total. The third-order valence-corrected chi connectivity index (χ3v) is 13.4. The molecule has 9 aromatic carbocycles. The quantitative estimate of drug-likeness (QED) is 0.167. The maximum atomic E-state index is 6.55. The normalized spacial score (nSPS) is 12.9. The molecule has 5 heteroatoms. The van der Waals surface area contributed by atoms with Crippen molar-refractivity contribution in [1.82, 2.24) is 15.0 Å². The zero-order chi connectivity index (χ0) is 43.2. The van der Waals surface area contributed by atoms with Gasteiger partial charge in [0.25, 0.3) is 0 Å². The summed E-state index contributed by atoms with van der Waals surface area (Å²) < 4.78 is 12.8. The Bertz CT molecular complexity index is 3840. The largest absolute Gasteiger partial charge is 0.456 e. The maximum Gasteiger partial charge on any atom is 0.164 e. The van der Waals surface area contributed by atoms with E-state index in [4.69, 9.17) is 23.8 Å². The lowest BCUT2D eigenvalue weighted by molar-refractivity contribution is 0.662. The Balaban J connectivity index is 0.929. The smallest absolute Gasteiger partial charge is 0.164 e. The van der Waals surface area contributed by atoms with E-state index in [0.717, 1.165) is 82.8 Å². The Kier molecular flexibility index (Phi) is 8.18. The molecule has 1 aliphatic carbocycles. The molecule has 65 heavy (non-hydrogen) atoms. The second-order valence-corrected chi connectivity index (χ2v) is 17.5. The predicted molar refractivity (Wildman–Crippen MR) is 265 cm³/mol. The van der Waals surface area contributed by atoms with Crippen molar-refractivity contribution in [2.45, 2.75) is 19.3 Å². The molecular weight excluding hydrogens is 795 g/mol. The zero-order valence-corrected chi connectivity index (χ0v) is 35.7. The van der Waals surface area contributed by atoms with E-state index in [-0.39, 0.29) is 5.41 Å². The summed E-state index contributed by atoms with van der Waals surface area (Å²) in [7, 11) is 0. The van der Waals surface area contributed by atoms with Gasteiger partial charge in [0.1, 0.15) is 22.3 Å². The van der Waals surface area contributed by atoms with Crippen LogP contribution in [0, 0.1) is 0 Å². The SMILES string of the molecule is CC1(C)c2ccccc2-c2cccc(-c3ccc(-c4ccc5oc6cccc(-c7nc(-c8ccc(-c9ccccc9)cc8)nc(-c8ccc9oc%10ccccc%10c9c8)n7)c6c5c4)cc3)c21. The highest BCUT2D eigenvalue weighted by Crippen LogP contribution is 2.52. The minimum atomic E-state index is -0.0956. The van der Waals surface area contributed by atoms with E-state index in [1.54, 1.807) is 0 Å². The van der Waals surface area contributed by atoms with E-state index >= 15 is 0 Å². The first kappa shape index (κ1) is 37.2. The van der Waals surface area contributed by atoms with E-state index in [1.165, 1.54) is 33.4 Å². The summed E-state index contributed by atoms with van der Waals surface area (Å²) in [5, 5.41) is 4.02. The number of rotatable bonds is 6. The fraction of sp³-hybridized carbons (Fsp3) is 0.0500. The summed E-state index contributed by atoms with van der Waals surface area (Å²) in [6.45, 7) is 4.69. The van der Waals surface area contributed by atoms with E-state index < -0.39 is 0 Å². The second kappa shape index (κ2) is 14.3. The van der Waals surface area contributed by atoms with Crippen molar-refractivity contribution in [3.63, 3.8) is 0 Å². The lowest BCUT2D eigenvalue weighted by Gasteiger charge is -2.24. The van der Waals surface area contributed by atoms with E-state index in [1.807, 2.05) is 48.5 Å². The van der Waals surface area contributed by atoms with Crippen LogP contribution in [-0.4, -0.2) is 15.0 Å². The third kappa shape index (κ3) is 5.97. The first-order chi connectivity index (χ1) is 31.9. The van der Waals surface area contributed by atoms with Gasteiger partial charge >= 0.3 is 0 Å². The van der Waals surface area contributed by atoms with Crippen LogP contribution in [0.15, 0.2) is 209 Å². The average Bonchev–Trinajstić information content (AvgIpc) is 4.01. The first-order valence-corrected chi connectivity index (χ1v) is 22.1. The van der Waals surface area contributed by atoms with Gasteiger partial charge in [-0.25, -0.2) is 15.0 Å². The van der Waals surface area contributed by atoms with Gasteiger partial charge < -0.3 is 8.83 Å². The van der Waals surface area contributed by atoms with E-state index in [0.29, 0.717) is 17.5 Å². The molecule has 0 saturated heterocycles. The van der Waals surface area contributed by atoms with Crippen LogP contribution in [0.2, 0.25) is 0 Å². The number of aromatic nitrogens is 3. The summed E-state index contributed by atoms with van der Waals surface area (Å²) >= 11 is 0. The second-order valence-electron chi connectivity index (χ2n) is 17.5. The summed E-state index contributed by atoms with van der Waals surface area (Å²) in [4.78, 5) is 15.6. The Morgan fingerprint density at radius 2 is 0.831 bits per heavy atom. The number of hydrogen-bond donors (Lipinski definition) is 0. The van der Waals surface area contributed by atoms with Crippen molar-refractivity contribution in [2.24, 2.45) is 0 Å². The first-order valence-electron chi connectivity index (χ1n) is 22.1. The number of fused-ring (bicyclic) bond motifs is 9. The number of para-hydroxylation sites is 1. The van der Waals surface area contributed by atoms with Gasteiger partial charge in [-0.15, -0.1) is 0 Å². The van der Waals surface area contributed by atoms with Gasteiger partial charge in [-0.05, 0) is 98.1 Å². The highest BCUT2D eigenvalue weighted by molar-refractivity contribution is 6.13. The van der Waals surface area contributed by atoms with Crippen LogP contribution in [0.5, 0.6) is 0 Å². The molecule has 306 valence electrons. The molecular formula is C60H39N3O2. The average molecular weight is 834 g/mol. The monoisotopic (exact) mass is 833 g/mol. The van der Waals surface area contributed by atoms with Crippen LogP contribution in [0.3, 0.4) is 0 Å². The van der Waals surface area contributed by atoms with Gasteiger partial charge in [0.15, 0.2) is 17.5 Å². The summed E-state index contributed by atoms with van der Waals surface area (Å²) in [6, 6.07) is 70.2. The third-order valence-electron chi connectivity index (χ3n) is 13.4. The van der Waals surface area contributed by atoms with Gasteiger partial charge in [0, 0.05) is 43.7 Å². The van der Waals surface area contributed by atoms with Crippen molar-refractivity contribution >= 4 is 43.9 Å². The Morgan fingerprint density at radius 3 is 1.66 bits per heavy atom. The van der Waals surface area contributed by atoms with Crippen LogP contribution in [0.25, 0.3) is 123 Å². The molecule has 0 saturated carbocycles. The molecule has 0 bridgehead atoms. The molecule has 0 radical (unpaired) electrons. The van der Waals surface area contributed by atoms with Gasteiger partial charge in [-0.3, -0.25) is 0 Å². The molecule has 3 heterocycles. The fourth-order valence-electron chi connectivity index (χ4n) is 10.2. The highest BCUT2D eigenvalue weighted by Gasteiger charge is 2.37. The molecule has 13 rings (SSSR count). The van der Waals surface area contributed by atoms with Gasteiger partial charge in [0.2, 0.25) is 0 Å². The molecule has 0 unspecified atom stereocenters. The predicted octanol–water partition coefficient (Wildman–Crippen LogP) is 16.0. The standard InChI is InChI=1S/C60H39N3O2/c1-60(2)50-19-8-6-14-44(50)46-17-10-16-43(56(46)60)39-26-22-38(23-27-39)41-30-32-53-49(34-41)55-47(18-11-21-54(55)65-53)59-62-57(40-28-24-37(25-29-40)36-12-4-3-5-13-36)61-58(63-59)42-31-33-52-48(35-42)45-15-7-9-20-51(45)64-52/h3-35H,1-2H3. The van der Waals surface area contributed by atoms with Crippen molar-refractivity contribution < 1.29 is 8.83 Å². The molecule has 0 atom stereocenters. The summed E-state index contributed by atoms with van der Waals surface area (Å²) in [5.41, 5.74) is 18.2. The Labute approximate surface area is 375 Å². The zero-order valence-electron chi connectivity index (χ0n) is 35.7. The molecule has 0 N–H and O–H groups in total. The molecule has 0 spiro atoms. The van der Waals surface area contributed by atoms with Crippen LogP contribution < -0.4 is 0 Å². The molecule has 12 aromatic rings. The fourth-order valence-corrected chi connectivity index (χ4v) is 10.2. The van der Waals surface area contributed by atoms with Crippen LogP contribution in [0.1, 0.15) is 25.0 Å². The van der Waals surface area contributed by atoms with Crippen LogP contribution in [0.4, 0.5) is 0 Å². The van der Waals surface area contributed by atoms with Gasteiger partial charge in [-0.1, -0.05) is 172 Å².